The number of allylic oxidation sites excluding steroid dienone is 14. The topological polar surface area (TPSA) is 18.1 Å². The van der Waals surface area contributed by atoms with Crippen LogP contribution in [0.1, 0.15) is 67.4 Å². The third-order valence-corrected chi connectivity index (χ3v) is 12.0. The molecule has 3 unspecified atom stereocenters. The predicted octanol–water partition coefficient (Wildman–Crippen LogP) is 13.0. The summed E-state index contributed by atoms with van der Waals surface area (Å²) < 4.78 is 9.51. The van der Waals surface area contributed by atoms with Crippen LogP contribution in [0.3, 0.4) is 0 Å². The Bertz CT molecular complexity index is 2540. The van der Waals surface area contributed by atoms with Gasteiger partial charge < -0.3 is 8.98 Å². The third-order valence-electron chi connectivity index (χ3n) is 12.0. The fraction of sp³-hybridized carbons (Fsp3) is 0.184. The van der Waals surface area contributed by atoms with E-state index < -0.39 is 0 Å². The van der Waals surface area contributed by atoms with Gasteiger partial charge in [-0.25, -0.2) is 0 Å². The zero-order valence-corrected chi connectivity index (χ0v) is 29.1. The maximum Gasteiger partial charge on any atom is 0.134 e. The van der Waals surface area contributed by atoms with Crippen LogP contribution in [0.4, 0.5) is 0 Å². The summed E-state index contributed by atoms with van der Waals surface area (Å²) in [6.45, 7) is 2.09. The van der Waals surface area contributed by atoms with Crippen molar-refractivity contribution < 1.29 is 4.42 Å². The molecule has 51 heavy (non-hydrogen) atoms. The molecule has 0 aliphatic heterocycles. The molecule has 4 aromatic carbocycles. The fourth-order valence-electron chi connectivity index (χ4n) is 9.84. The number of rotatable bonds is 6. The summed E-state index contributed by atoms with van der Waals surface area (Å²) in [7, 11) is 0. The van der Waals surface area contributed by atoms with E-state index in [4.69, 9.17) is 4.42 Å². The van der Waals surface area contributed by atoms with Crippen LogP contribution in [0.5, 0.6) is 0 Å². The van der Waals surface area contributed by atoms with E-state index in [9.17, 15) is 0 Å². The molecule has 0 saturated heterocycles. The van der Waals surface area contributed by atoms with E-state index in [-0.39, 0.29) is 17.3 Å². The van der Waals surface area contributed by atoms with Gasteiger partial charge in [-0.05, 0) is 91.1 Å². The molecule has 248 valence electrons. The molecule has 2 nitrogen and oxygen atoms in total. The van der Waals surface area contributed by atoms with E-state index in [0.29, 0.717) is 0 Å². The van der Waals surface area contributed by atoms with Gasteiger partial charge in [-0.1, -0.05) is 134 Å². The number of fused-ring (bicyclic) bond motifs is 10. The van der Waals surface area contributed by atoms with Gasteiger partial charge in [0.1, 0.15) is 11.3 Å². The number of furan rings is 1. The van der Waals surface area contributed by atoms with Gasteiger partial charge in [-0.3, -0.25) is 0 Å². The second-order valence-electron chi connectivity index (χ2n) is 14.5. The summed E-state index contributed by atoms with van der Waals surface area (Å²) in [4.78, 5) is 0. The molecule has 2 heterocycles. The van der Waals surface area contributed by atoms with Crippen molar-refractivity contribution in [2.75, 3.05) is 0 Å². The van der Waals surface area contributed by atoms with Crippen molar-refractivity contribution in [3.63, 3.8) is 0 Å². The van der Waals surface area contributed by atoms with Crippen molar-refractivity contribution in [1.29, 1.82) is 0 Å². The molecule has 0 amide bonds. The van der Waals surface area contributed by atoms with E-state index in [1.165, 1.54) is 66.3 Å². The van der Waals surface area contributed by atoms with Crippen LogP contribution < -0.4 is 0 Å². The van der Waals surface area contributed by atoms with Crippen LogP contribution in [0.2, 0.25) is 0 Å². The summed E-state index contributed by atoms with van der Waals surface area (Å²) in [6, 6.07) is 35.6. The third kappa shape index (κ3) is 4.49. The van der Waals surface area contributed by atoms with Crippen molar-refractivity contribution in [1.82, 2.24) is 4.57 Å². The summed E-state index contributed by atoms with van der Waals surface area (Å²) in [5.41, 5.74) is 13.0. The van der Waals surface area contributed by atoms with Gasteiger partial charge in [-0.2, -0.15) is 0 Å². The monoisotopic (exact) mass is 659 g/mol. The lowest BCUT2D eigenvalue weighted by molar-refractivity contribution is 0.359. The van der Waals surface area contributed by atoms with Gasteiger partial charge in [0.2, 0.25) is 0 Å². The highest BCUT2D eigenvalue weighted by atomic mass is 16.3. The number of aromatic nitrogens is 1. The Morgan fingerprint density at radius 2 is 1.53 bits per heavy atom. The van der Waals surface area contributed by atoms with Crippen LogP contribution in [0.15, 0.2) is 173 Å². The Hall–Kier alpha value is -5.60. The first-order chi connectivity index (χ1) is 25.3. The second-order valence-corrected chi connectivity index (χ2v) is 14.5. The Morgan fingerprint density at radius 3 is 2.27 bits per heavy atom. The first kappa shape index (κ1) is 30.2. The summed E-state index contributed by atoms with van der Waals surface area (Å²) in [6.07, 6.45) is 28.8. The fourth-order valence-corrected chi connectivity index (χ4v) is 9.84. The highest BCUT2D eigenvalue weighted by molar-refractivity contribution is 6.10. The average molecular weight is 660 g/mol. The summed E-state index contributed by atoms with van der Waals surface area (Å²) in [5, 5.41) is 3.84. The molecule has 10 rings (SSSR count). The number of hydrogen-bond donors (Lipinski definition) is 0. The smallest absolute Gasteiger partial charge is 0.134 e. The molecule has 4 aliphatic rings. The lowest BCUT2D eigenvalue weighted by Crippen LogP contribution is -2.35. The Kier molecular flexibility index (Phi) is 7.13. The molecule has 4 aliphatic carbocycles. The molecule has 0 N–H and O–H groups in total. The van der Waals surface area contributed by atoms with Crippen molar-refractivity contribution in [3.05, 3.63) is 191 Å². The number of nitrogens with zero attached hydrogens (tertiary/aromatic N) is 1. The number of para-hydroxylation sites is 3. The van der Waals surface area contributed by atoms with Crippen molar-refractivity contribution in [3.8, 4) is 0 Å². The summed E-state index contributed by atoms with van der Waals surface area (Å²) in [5.74, 6) is 1.49. The van der Waals surface area contributed by atoms with Gasteiger partial charge in [0.05, 0.1) is 17.0 Å². The molecular weight excluding hydrogens is 619 g/mol. The molecule has 0 fully saturated rings. The maximum atomic E-state index is 7.03. The first-order valence-electron chi connectivity index (χ1n) is 18.6. The zero-order valence-electron chi connectivity index (χ0n) is 29.1. The SMILES string of the molecule is C/C=C\C=C/CC1(C2=CCCC=C2)c2ccccc2C2c3oc4ccccc4c3C(C3=CC=C(n4c5ccccc5c5ccccc54)CC3)=CC21. The zero-order chi connectivity index (χ0) is 33.9. The van der Waals surface area contributed by atoms with Gasteiger partial charge in [0.25, 0.3) is 0 Å². The van der Waals surface area contributed by atoms with Gasteiger partial charge in [0, 0.05) is 38.8 Å². The van der Waals surface area contributed by atoms with Gasteiger partial charge >= 0.3 is 0 Å². The Labute approximate surface area is 299 Å². The minimum Gasteiger partial charge on any atom is -0.460 e. The van der Waals surface area contributed by atoms with Crippen molar-refractivity contribution in [2.45, 2.75) is 50.4 Å². The van der Waals surface area contributed by atoms with Crippen LogP contribution in [0, 0.1) is 5.92 Å². The number of benzene rings is 4. The molecule has 6 aromatic rings. The van der Waals surface area contributed by atoms with E-state index in [1.54, 1.807) is 0 Å². The molecule has 3 atom stereocenters. The highest BCUT2D eigenvalue weighted by Gasteiger charge is 2.55. The molecule has 0 spiro atoms. The van der Waals surface area contributed by atoms with Crippen molar-refractivity contribution in [2.24, 2.45) is 5.92 Å². The quantitative estimate of drug-likeness (QED) is 0.163. The summed E-state index contributed by atoms with van der Waals surface area (Å²) >= 11 is 0. The van der Waals surface area contributed by atoms with E-state index >= 15 is 0 Å². The van der Waals surface area contributed by atoms with Crippen LogP contribution in [0.25, 0.3) is 44.0 Å². The largest absolute Gasteiger partial charge is 0.460 e. The van der Waals surface area contributed by atoms with Crippen LogP contribution in [-0.4, -0.2) is 4.57 Å². The first-order valence-corrected chi connectivity index (χ1v) is 18.6. The highest BCUT2D eigenvalue weighted by Crippen LogP contribution is 2.64. The maximum absolute atomic E-state index is 7.03. The lowest BCUT2D eigenvalue weighted by atomic mass is 9.62. The van der Waals surface area contributed by atoms with Crippen molar-refractivity contribution >= 4 is 44.0 Å². The van der Waals surface area contributed by atoms with E-state index in [0.717, 1.165) is 43.4 Å². The predicted molar refractivity (Wildman–Crippen MR) is 214 cm³/mol. The second kappa shape index (κ2) is 12.0. The lowest BCUT2D eigenvalue weighted by Gasteiger charge is -2.40. The van der Waals surface area contributed by atoms with Gasteiger partial charge in [0.15, 0.2) is 0 Å². The average Bonchev–Trinajstić information content (AvgIpc) is 3.84. The van der Waals surface area contributed by atoms with E-state index in [1.807, 2.05) is 0 Å². The molecular formula is C49H41NO. The minimum atomic E-state index is -0.197. The van der Waals surface area contributed by atoms with Crippen LogP contribution in [-0.2, 0) is 5.41 Å². The van der Waals surface area contributed by atoms with E-state index in [2.05, 4.69) is 169 Å². The molecule has 0 bridgehead atoms. The molecule has 0 radical (unpaired) electrons. The molecule has 0 saturated carbocycles. The Balaban J connectivity index is 1.19. The molecule has 2 heteroatoms. The Morgan fingerprint density at radius 1 is 0.784 bits per heavy atom. The van der Waals surface area contributed by atoms with Crippen LogP contribution >= 0.6 is 0 Å². The van der Waals surface area contributed by atoms with Gasteiger partial charge in [-0.15, -0.1) is 0 Å². The number of hydrogen-bond acceptors (Lipinski definition) is 1. The minimum absolute atomic E-state index is 0.145. The normalized spacial score (nSPS) is 22.7. The standard InChI is InChI=1S/C49H41NO/c1-2-3-4-16-31-49(34-17-6-5-7-18-34)41-23-12-8-21-38(41)47-42(49)32-40(46-39-22-11-15-26-45(39)51-48(46)47)33-27-29-35(30-28-33)50-43-24-13-9-19-36(43)37-20-10-14-25-44(37)50/h2-4,6,8-27,29,32,42,47H,5,7,28,30-31H2,1H3/b3-2-,16-4-. The molecule has 2 aromatic heterocycles.